The zero-order chi connectivity index (χ0) is 20.1. The summed E-state index contributed by atoms with van der Waals surface area (Å²) in [6, 6.07) is 16.0. The monoisotopic (exact) mass is 390 g/mol. The third kappa shape index (κ3) is 4.86. The third-order valence-electron chi connectivity index (χ3n) is 4.38. The Balaban J connectivity index is 1.56. The third-order valence-corrected chi connectivity index (χ3v) is 4.38. The van der Waals surface area contributed by atoms with Crippen molar-refractivity contribution in [2.45, 2.75) is 37.3 Å². The van der Waals surface area contributed by atoms with Crippen molar-refractivity contribution in [1.82, 2.24) is 0 Å². The molecule has 3 rings (SSSR count). The van der Waals surface area contributed by atoms with Crippen molar-refractivity contribution in [1.29, 1.82) is 0 Å². The fourth-order valence-electron chi connectivity index (χ4n) is 2.76. The number of aliphatic hydroxyl groups is 4. The molecule has 8 heteroatoms. The summed E-state index contributed by atoms with van der Waals surface area (Å²) in [6.07, 6.45) is -7.61. The quantitative estimate of drug-likeness (QED) is 0.516. The number of hydrogen-bond acceptors (Lipinski definition) is 8. The second kappa shape index (κ2) is 9.13. The van der Waals surface area contributed by atoms with Crippen molar-refractivity contribution in [2.75, 3.05) is 6.61 Å². The molecule has 1 unspecified atom stereocenters. The van der Waals surface area contributed by atoms with Gasteiger partial charge in [0.2, 0.25) is 0 Å². The van der Waals surface area contributed by atoms with E-state index in [1.807, 2.05) is 30.3 Å². The van der Waals surface area contributed by atoms with Crippen LogP contribution in [0.4, 0.5) is 0 Å². The Bertz CT molecular complexity index is 781. The van der Waals surface area contributed by atoms with Crippen LogP contribution < -0.4 is 4.74 Å². The fraction of sp³-hybridized carbons (Fsp3) is 0.350. The van der Waals surface area contributed by atoms with Gasteiger partial charge in [0.25, 0.3) is 0 Å². The van der Waals surface area contributed by atoms with E-state index >= 15 is 0 Å². The minimum Gasteiger partial charge on any atom is -0.489 e. The summed E-state index contributed by atoms with van der Waals surface area (Å²) in [4.78, 5) is 12.3. The molecular weight excluding hydrogens is 368 g/mol. The van der Waals surface area contributed by atoms with Gasteiger partial charge in [0.1, 0.15) is 43.4 Å². The average Bonchev–Trinajstić information content (AvgIpc) is 2.73. The Morgan fingerprint density at radius 1 is 0.929 bits per heavy atom. The molecule has 4 N–H and O–H groups in total. The van der Waals surface area contributed by atoms with Crippen LogP contribution in [0.1, 0.15) is 15.9 Å². The number of ether oxygens (including phenoxy) is 3. The zero-order valence-corrected chi connectivity index (χ0v) is 14.9. The van der Waals surface area contributed by atoms with Gasteiger partial charge in [0.05, 0.1) is 5.56 Å². The highest BCUT2D eigenvalue weighted by molar-refractivity contribution is 5.89. The second-order valence-electron chi connectivity index (χ2n) is 6.44. The summed E-state index contributed by atoms with van der Waals surface area (Å²) in [5.41, 5.74) is 1.22. The molecule has 28 heavy (non-hydrogen) atoms. The maximum Gasteiger partial charge on any atom is 0.338 e. The smallest absolute Gasteiger partial charge is 0.338 e. The first-order valence-electron chi connectivity index (χ1n) is 8.77. The first kappa shape index (κ1) is 20.2. The fourth-order valence-corrected chi connectivity index (χ4v) is 2.76. The van der Waals surface area contributed by atoms with Crippen molar-refractivity contribution in [3.63, 3.8) is 0 Å². The van der Waals surface area contributed by atoms with Crippen LogP contribution in [-0.2, 0) is 16.1 Å². The van der Waals surface area contributed by atoms with E-state index in [1.165, 1.54) is 6.07 Å². The van der Waals surface area contributed by atoms with E-state index in [4.69, 9.17) is 14.2 Å². The van der Waals surface area contributed by atoms with Crippen LogP contribution in [0.2, 0.25) is 0 Å². The van der Waals surface area contributed by atoms with Gasteiger partial charge in [-0.25, -0.2) is 4.79 Å². The largest absolute Gasteiger partial charge is 0.489 e. The molecule has 5 atom stereocenters. The standard InChI is InChI=1S/C20H22O8/c21-16-15(28-20(25)18(23)17(16)22)11-27-19(24)13-7-4-8-14(9-13)26-10-12-5-2-1-3-6-12/h1-9,15-18,20-23,25H,10-11H2/t15-,16+,17+,18-,20?/m1/s1. The lowest BCUT2D eigenvalue weighted by atomic mass is 9.99. The molecule has 0 radical (unpaired) electrons. The Morgan fingerprint density at radius 2 is 1.68 bits per heavy atom. The topological polar surface area (TPSA) is 126 Å². The van der Waals surface area contributed by atoms with Gasteiger partial charge < -0.3 is 34.6 Å². The maximum atomic E-state index is 12.3. The molecular formula is C20H22O8. The van der Waals surface area contributed by atoms with Crippen LogP contribution >= 0.6 is 0 Å². The molecule has 0 aromatic heterocycles. The van der Waals surface area contributed by atoms with Gasteiger partial charge in [-0.2, -0.15) is 0 Å². The summed E-state index contributed by atoms with van der Waals surface area (Å²) in [5.74, 6) is -0.197. The van der Waals surface area contributed by atoms with Gasteiger partial charge >= 0.3 is 5.97 Å². The van der Waals surface area contributed by atoms with E-state index in [0.29, 0.717) is 12.4 Å². The molecule has 2 aromatic carbocycles. The van der Waals surface area contributed by atoms with Gasteiger partial charge in [-0.1, -0.05) is 36.4 Å². The minimum atomic E-state index is -1.68. The first-order valence-corrected chi connectivity index (χ1v) is 8.77. The van der Waals surface area contributed by atoms with E-state index in [0.717, 1.165) is 5.56 Å². The van der Waals surface area contributed by atoms with Gasteiger partial charge in [0, 0.05) is 0 Å². The van der Waals surface area contributed by atoms with Gasteiger partial charge in [0.15, 0.2) is 6.29 Å². The molecule has 0 aliphatic carbocycles. The molecule has 0 saturated carbocycles. The summed E-state index contributed by atoms with van der Waals surface area (Å²) < 4.78 is 15.7. The van der Waals surface area contributed by atoms with E-state index in [2.05, 4.69) is 0 Å². The zero-order valence-electron chi connectivity index (χ0n) is 14.9. The summed E-state index contributed by atoms with van der Waals surface area (Å²) in [5, 5.41) is 38.5. The normalized spacial score (nSPS) is 27.2. The molecule has 2 aromatic rings. The summed E-state index contributed by atoms with van der Waals surface area (Å²) in [7, 11) is 0. The van der Waals surface area contributed by atoms with Crippen molar-refractivity contribution < 1.29 is 39.4 Å². The molecule has 1 aliphatic heterocycles. The molecule has 0 amide bonds. The average molecular weight is 390 g/mol. The highest BCUT2D eigenvalue weighted by Crippen LogP contribution is 2.21. The molecule has 1 heterocycles. The van der Waals surface area contributed by atoms with Crippen molar-refractivity contribution in [2.24, 2.45) is 0 Å². The van der Waals surface area contributed by atoms with E-state index in [9.17, 15) is 25.2 Å². The summed E-state index contributed by atoms with van der Waals surface area (Å²) in [6.45, 7) is -0.0600. The van der Waals surface area contributed by atoms with Crippen LogP contribution in [0.3, 0.4) is 0 Å². The molecule has 8 nitrogen and oxygen atoms in total. The Labute approximate surface area is 161 Å². The number of hydrogen-bond donors (Lipinski definition) is 4. The van der Waals surface area contributed by atoms with Crippen LogP contribution in [0, 0.1) is 0 Å². The molecule has 0 spiro atoms. The number of rotatable bonds is 6. The van der Waals surface area contributed by atoms with Crippen molar-refractivity contribution >= 4 is 5.97 Å². The predicted octanol–water partition coefficient (Wildman–Crippen LogP) is 0.222. The maximum absolute atomic E-state index is 12.3. The van der Waals surface area contributed by atoms with Crippen LogP contribution in [0.25, 0.3) is 0 Å². The van der Waals surface area contributed by atoms with E-state index < -0.39 is 43.3 Å². The highest BCUT2D eigenvalue weighted by Gasteiger charge is 2.43. The van der Waals surface area contributed by atoms with Gasteiger partial charge in [-0.15, -0.1) is 0 Å². The lowest BCUT2D eigenvalue weighted by molar-refractivity contribution is -0.286. The van der Waals surface area contributed by atoms with Gasteiger partial charge in [-0.3, -0.25) is 0 Å². The highest BCUT2D eigenvalue weighted by atomic mass is 16.6. The predicted molar refractivity (Wildman–Crippen MR) is 96.4 cm³/mol. The number of benzene rings is 2. The number of aliphatic hydroxyl groups excluding tert-OH is 4. The minimum absolute atomic E-state index is 0.233. The number of carbonyl (C=O) groups is 1. The summed E-state index contributed by atoms with van der Waals surface area (Å²) >= 11 is 0. The molecule has 0 bridgehead atoms. The van der Waals surface area contributed by atoms with Crippen LogP contribution in [0.5, 0.6) is 5.75 Å². The molecule has 1 aliphatic rings. The SMILES string of the molecule is O=C(OC[C@H]1OC(O)[C@H](O)[C@@H](O)[C@H]1O)c1cccc(OCc2ccccc2)c1. The van der Waals surface area contributed by atoms with E-state index in [-0.39, 0.29) is 5.56 Å². The molecule has 1 fully saturated rings. The Morgan fingerprint density at radius 3 is 2.43 bits per heavy atom. The lowest BCUT2D eigenvalue weighted by Gasteiger charge is -2.37. The van der Waals surface area contributed by atoms with E-state index in [1.54, 1.807) is 18.2 Å². The van der Waals surface area contributed by atoms with Crippen LogP contribution in [0.15, 0.2) is 54.6 Å². The molecule has 150 valence electrons. The second-order valence-corrected chi connectivity index (χ2v) is 6.44. The Hall–Kier alpha value is -2.49. The Kier molecular flexibility index (Phi) is 6.61. The number of esters is 1. The van der Waals surface area contributed by atoms with Crippen molar-refractivity contribution in [3.05, 3.63) is 65.7 Å². The number of carbonyl (C=O) groups excluding carboxylic acids is 1. The lowest BCUT2D eigenvalue weighted by Crippen LogP contribution is -2.58. The van der Waals surface area contributed by atoms with Crippen molar-refractivity contribution in [3.8, 4) is 5.75 Å². The van der Waals surface area contributed by atoms with Crippen LogP contribution in [-0.4, -0.2) is 63.7 Å². The van der Waals surface area contributed by atoms with Gasteiger partial charge in [-0.05, 0) is 23.8 Å². The first-order chi connectivity index (χ1) is 13.5. The molecule has 1 saturated heterocycles.